The fourth-order valence-corrected chi connectivity index (χ4v) is 1.75. The highest BCUT2D eigenvalue weighted by atomic mass is 15.0. The number of nitrogens with two attached hydrogens (primary N) is 1. The van der Waals surface area contributed by atoms with E-state index in [0.29, 0.717) is 5.41 Å². The van der Waals surface area contributed by atoms with Gasteiger partial charge in [0.1, 0.15) is 0 Å². The molecule has 0 bridgehead atoms. The van der Waals surface area contributed by atoms with Gasteiger partial charge in [0.25, 0.3) is 0 Å². The molecule has 0 radical (unpaired) electrons. The lowest BCUT2D eigenvalue weighted by Crippen LogP contribution is -2.40. The van der Waals surface area contributed by atoms with Crippen LogP contribution in [0.5, 0.6) is 0 Å². The Kier molecular flexibility index (Phi) is 3.36. The lowest BCUT2D eigenvalue weighted by Gasteiger charge is -2.25. The summed E-state index contributed by atoms with van der Waals surface area (Å²) in [6, 6.07) is 0. The quantitative estimate of drug-likeness (QED) is 0.661. The highest BCUT2D eigenvalue weighted by Gasteiger charge is 2.37. The van der Waals surface area contributed by atoms with Crippen LogP contribution in [0.4, 0.5) is 0 Å². The van der Waals surface area contributed by atoms with Crippen LogP contribution in [0.15, 0.2) is 0 Å². The Morgan fingerprint density at radius 3 is 2.46 bits per heavy atom. The van der Waals surface area contributed by atoms with E-state index in [-0.39, 0.29) is 5.54 Å². The largest absolute Gasteiger partial charge is 0.324 e. The Morgan fingerprint density at radius 1 is 1.38 bits per heavy atom. The lowest BCUT2D eigenvalue weighted by molar-refractivity contribution is 0.307. The zero-order chi connectivity index (χ0) is 9.95. The summed E-state index contributed by atoms with van der Waals surface area (Å²) in [6.07, 6.45) is 4.96. The van der Waals surface area contributed by atoms with Crippen molar-refractivity contribution in [3.63, 3.8) is 0 Å². The Bertz CT molecular complexity index is 159. The molecule has 2 nitrogen and oxygen atoms in total. The van der Waals surface area contributed by atoms with Crippen molar-refractivity contribution in [2.75, 3.05) is 13.1 Å². The third-order valence-electron chi connectivity index (χ3n) is 2.90. The van der Waals surface area contributed by atoms with Crippen LogP contribution in [-0.4, -0.2) is 18.6 Å². The van der Waals surface area contributed by atoms with E-state index >= 15 is 0 Å². The van der Waals surface area contributed by atoms with Crippen LogP contribution >= 0.6 is 0 Å². The fourth-order valence-electron chi connectivity index (χ4n) is 1.75. The number of hydrogen-bond acceptors (Lipinski definition) is 2. The second-order valence-electron chi connectivity index (χ2n) is 5.38. The predicted molar refractivity (Wildman–Crippen MR) is 57.7 cm³/mol. The molecule has 1 aliphatic rings. The molecule has 1 rings (SSSR count). The van der Waals surface area contributed by atoms with E-state index in [2.05, 4.69) is 26.1 Å². The van der Waals surface area contributed by atoms with Gasteiger partial charge in [0, 0.05) is 18.6 Å². The molecule has 0 unspecified atom stereocenters. The van der Waals surface area contributed by atoms with Gasteiger partial charge in [-0.3, -0.25) is 0 Å². The molecule has 0 spiro atoms. The van der Waals surface area contributed by atoms with E-state index < -0.39 is 0 Å². The van der Waals surface area contributed by atoms with Crippen LogP contribution in [0.1, 0.15) is 46.5 Å². The summed E-state index contributed by atoms with van der Waals surface area (Å²) in [5.74, 6) is 0. The van der Waals surface area contributed by atoms with Gasteiger partial charge in [0.05, 0.1) is 0 Å². The summed E-state index contributed by atoms with van der Waals surface area (Å²) >= 11 is 0. The first-order valence-corrected chi connectivity index (χ1v) is 5.47. The molecule has 0 atom stereocenters. The van der Waals surface area contributed by atoms with E-state index in [4.69, 9.17) is 5.73 Å². The lowest BCUT2D eigenvalue weighted by atomic mass is 9.88. The van der Waals surface area contributed by atoms with Crippen molar-refractivity contribution in [2.24, 2.45) is 11.1 Å². The van der Waals surface area contributed by atoms with Crippen molar-refractivity contribution >= 4 is 0 Å². The SMILES string of the molecule is CCCC(C)(C)CNCC1(N)CC1. The minimum Gasteiger partial charge on any atom is -0.324 e. The number of rotatable bonds is 6. The van der Waals surface area contributed by atoms with Gasteiger partial charge < -0.3 is 11.1 Å². The summed E-state index contributed by atoms with van der Waals surface area (Å²) in [6.45, 7) is 8.98. The first kappa shape index (κ1) is 11.0. The maximum Gasteiger partial charge on any atom is 0.0282 e. The Labute approximate surface area is 82.3 Å². The van der Waals surface area contributed by atoms with Gasteiger partial charge in [0.2, 0.25) is 0 Å². The van der Waals surface area contributed by atoms with Gasteiger partial charge >= 0.3 is 0 Å². The van der Waals surface area contributed by atoms with E-state index in [1.807, 2.05) is 0 Å². The van der Waals surface area contributed by atoms with Crippen LogP contribution in [0.2, 0.25) is 0 Å². The molecule has 0 aromatic carbocycles. The van der Waals surface area contributed by atoms with Crippen molar-refractivity contribution in [1.29, 1.82) is 0 Å². The predicted octanol–water partition coefficient (Wildman–Crippen LogP) is 1.89. The zero-order valence-corrected chi connectivity index (χ0v) is 9.32. The van der Waals surface area contributed by atoms with Gasteiger partial charge in [0.15, 0.2) is 0 Å². The second kappa shape index (κ2) is 3.97. The Morgan fingerprint density at radius 2 is 2.00 bits per heavy atom. The average molecular weight is 184 g/mol. The smallest absolute Gasteiger partial charge is 0.0282 e. The van der Waals surface area contributed by atoms with Crippen LogP contribution in [0, 0.1) is 5.41 Å². The van der Waals surface area contributed by atoms with Crippen molar-refractivity contribution in [3.8, 4) is 0 Å². The molecular weight excluding hydrogens is 160 g/mol. The molecule has 3 N–H and O–H groups in total. The van der Waals surface area contributed by atoms with E-state index in [1.165, 1.54) is 25.7 Å². The van der Waals surface area contributed by atoms with Crippen LogP contribution in [-0.2, 0) is 0 Å². The molecule has 2 heteroatoms. The van der Waals surface area contributed by atoms with Crippen LogP contribution < -0.4 is 11.1 Å². The molecule has 0 aliphatic heterocycles. The third kappa shape index (κ3) is 4.10. The first-order chi connectivity index (χ1) is 5.97. The highest BCUT2D eigenvalue weighted by molar-refractivity contribution is 5.00. The molecule has 78 valence electrons. The fraction of sp³-hybridized carbons (Fsp3) is 1.00. The molecule has 13 heavy (non-hydrogen) atoms. The maximum absolute atomic E-state index is 5.99. The maximum atomic E-state index is 5.99. The van der Waals surface area contributed by atoms with Crippen LogP contribution in [0.3, 0.4) is 0 Å². The van der Waals surface area contributed by atoms with Gasteiger partial charge in [-0.25, -0.2) is 0 Å². The number of nitrogens with one attached hydrogen (secondary N) is 1. The highest BCUT2D eigenvalue weighted by Crippen LogP contribution is 2.31. The molecule has 0 aromatic heterocycles. The summed E-state index contributed by atoms with van der Waals surface area (Å²) in [7, 11) is 0. The summed E-state index contributed by atoms with van der Waals surface area (Å²) in [5, 5.41) is 3.49. The zero-order valence-electron chi connectivity index (χ0n) is 9.32. The minimum absolute atomic E-state index is 0.155. The van der Waals surface area contributed by atoms with Crippen molar-refractivity contribution in [2.45, 2.75) is 52.0 Å². The normalized spacial score (nSPS) is 20.3. The van der Waals surface area contributed by atoms with Crippen molar-refractivity contribution < 1.29 is 0 Å². The van der Waals surface area contributed by atoms with Gasteiger partial charge in [-0.15, -0.1) is 0 Å². The monoisotopic (exact) mass is 184 g/mol. The summed E-state index contributed by atoms with van der Waals surface area (Å²) in [5.41, 5.74) is 6.57. The molecular formula is C11H24N2. The second-order valence-corrected chi connectivity index (χ2v) is 5.38. The summed E-state index contributed by atoms with van der Waals surface area (Å²) in [4.78, 5) is 0. The van der Waals surface area contributed by atoms with Gasteiger partial charge in [-0.2, -0.15) is 0 Å². The van der Waals surface area contributed by atoms with Gasteiger partial charge in [-0.05, 0) is 24.7 Å². The molecule has 0 heterocycles. The molecule has 0 aromatic rings. The van der Waals surface area contributed by atoms with Crippen molar-refractivity contribution in [1.82, 2.24) is 5.32 Å². The molecule has 0 amide bonds. The topological polar surface area (TPSA) is 38.0 Å². The molecule has 1 saturated carbocycles. The first-order valence-electron chi connectivity index (χ1n) is 5.47. The van der Waals surface area contributed by atoms with Gasteiger partial charge in [-0.1, -0.05) is 27.2 Å². The Balaban J connectivity index is 2.10. The molecule has 1 aliphatic carbocycles. The van der Waals surface area contributed by atoms with E-state index in [1.54, 1.807) is 0 Å². The standard InChI is InChI=1S/C11H24N2/c1-4-5-10(2,3)8-13-9-11(12)6-7-11/h13H,4-9,12H2,1-3H3. The van der Waals surface area contributed by atoms with E-state index in [9.17, 15) is 0 Å². The Hall–Kier alpha value is -0.0800. The summed E-state index contributed by atoms with van der Waals surface area (Å²) < 4.78 is 0. The average Bonchev–Trinajstić information content (AvgIpc) is 2.67. The van der Waals surface area contributed by atoms with Crippen molar-refractivity contribution in [3.05, 3.63) is 0 Å². The molecule has 0 saturated heterocycles. The van der Waals surface area contributed by atoms with E-state index in [0.717, 1.165) is 13.1 Å². The third-order valence-corrected chi connectivity index (χ3v) is 2.90. The minimum atomic E-state index is 0.155. The number of hydrogen-bond donors (Lipinski definition) is 2. The van der Waals surface area contributed by atoms with Crippen LogP contribution in [0.25, 0.3) is 0 Å². The molecule has 1 fully saturated rings.